The van der Waals surface area contributed by atoms with Crippen LogP contribution >= 0.6 is 11.3 Å². The summed E-state index contributed by atoms with van der Waals surface area (Å²) in [6.45, 7) is 3.02. The Hall–Kier alpha value is -1.95. The van der Waals surface area contributed by atoms with Crippen LogP contribution in [0.4, 0.5) is 5.82 Å². The summed E-state index contributed by atoms with van der Waals surface area (Å²) in [7, 11) is 0. The molecule has 0 saturated heterocycles. The predicted octanol–water partition coefficient (Wildman–Crippen LogP) is 2.36. The van der Waals surface area contributed by atoms with E-state index in [4.69, 9.17) is 5.11 Å². The number of hydrogen-bond donors (Lipinski definition) is 1. The molecule has 0 bridgehead atoms. The molecule has 3 rings (SSSR count). The van der Waals surface area contributed by atoms with Crippen molar-refractivity contribution in [2.75, 3.05) is 11.4 Å². The lowest BCUT2D eigenvalue weighted by Gasteiger charge is -2.34. The lowest BCUT2D eigenvalue weighted by atomic mass is 10.0. The van der Waals surface area contributed by atoms with Crippen LogP contribution in [0.1, 0.15) is 33.9 Å². The molecule has 0 spiro atoms. The number of hydrogen-bond acceptors (Lipinski definition) is 5. The molecule has 1 aliphatic rings. The van der Waals surface area contributed by atoms with Crippen LogP contribution in [0, 0.1) is 0 Å². The van der Waals surface area contributed by atoms with E-state index in [0.29, 0.717) is 0 Å². The van der Waals surface area contributed by atoms with Gasteiger partial charge in [-0.3, -0.25) is 0 Å². The van der Waals surface area contributed by atoms with Crippen molar-refractivity contribution < 1.29 is 9.90 Å². The summed E-state index contributed by atoms with van der Waals surface area (Å²) in [5, 5.41) is 18.7. The average molecular weight is 275 g/mol. The highest BCUT2D eigenvalue weighted by atomic mass is 32.1. The third-order valence-corrected chi connectivity index (χ3v) is 4.44. The minimum absolute atomic E-state index is 0.0235. The topological polar surface area (TPSA) is 66.3 Å². The normalized spacial score (nSPS) is 18.2. The average Bonchev–Trinajstić information content (AvgIpc) is 2.88. The number of fused-ring (bicyclic) bond motifs is 1. The van der Waals surface area contributed by atoms with E-state index < -0.39 is 5.97 Å². The molecule has 0 aliphatic carbocycles. The highest BCUT2D eigenvalue weighted by molar-refractivity contribution is 7.10. The van der Waals surface area contributed by atoms with E-state index in [1.165, 1.54) is 16.5 Å². The second-order valence-corrected chi connectivity index (χ2v) is 5.50. The van der Waals surface area contributed by atoms with Gasteiger partial charge in [-0.05, 0) is 42.5 Å². The van der Waals surface area contributed by atoms with Gasteiger partial charge in [0.25, 0.3) is 0 Å². The van der Waals surface area contributed by atoms with Gasteiger partial charge >= 0.3 is 5.97 Å². The van der Waals surface area contributed by atoms with Gasteiger partial charge < -0.3 is 10.0 Å². The van der Waals surface area contributed by atoms with Crippen molar-refractivity contribution in [1.29, 1.82) is 0 Å². The van der Waals surface area contributed by atoms with E-state index in [1.807, 2.05) is 0 Å². The van der Waals surface area contributed by atoms with E-state index in [0.717, 1.165) is 18.8 Å². The minimum atomic E-state index is -1.05. The van der Waals surface area contributed by atoms with Crippen LogP contribution in [-0.2, 0) is 6.42 Å². The molecule has 0 radical (unpaired) electrons. The first-order valence-electron chi connectivity index (χ1n) is 6.07. The molecule has 1 aliphatic heterocycles. The molecular weight excluding hydrogens is 262 g/mol. The van der Waals surface area contributed by atoms with Gasteiger partial charge in [0.05, 0.1) is 6.04 Å². The van der Waals surface area contributed by atoms with Crippen LogP contribution in [0.5, 0.6) is 0 Å². The Kier molecular flexibility index (Phi) is 2.94. The number of nitrogens with zero attached hydrogens (tertiary/aromatic N) is 3. The van der Waals surface area contributed by atoms with Crippen LogP contribution in [0.15, 0.2) is 23.6 Å². The maximum absolute atomic E-state index is 10.8. The number of thiophene rings is 1. The highest BCUT2D eigenvalue weighted by Crippen LogP contribution is 2.34. The third-order valence-electron chi connectivity index (χ3n) is 3.44. The standard InChI is InChI=1S/C13H13N3O2S/c1-8-9-5-7-19-11(9)4-6-16(8)12-3-2-10(13(17)18)14-15-12/h2-3,5,7-8H,4,6H2,1H3,(H,17,18). The van der Waals surface area contributed by atoms with Gasteiger partial charge in [-0.15, -0.1) is 21.5 Å². The van der Waals surface area contributed by atoms with Crippen LogP contribution in [0.25, 0.3) is 0 Å². The van der Waals surface area contributed by atoms with Gasteiger partial charge in [0, 0.05) is 11.4 Å². The van der Waals surface area contributed by atoms with Crippen molar-refractivity contribution in [2.45, 2.75) is 19.4 Å². The molecule has 2 aromatic heterocycles. The molecule has 0 amide bonds. The summed E-state index contributed by atoms with van der Waals surface area (Å²) < 4.78 is 0. The van der Waals surface area contributed by atoms with Crippen LogP contribution < -0.4 is 4.90 Å². The summed E-state index contributed by atoms with van der Waals surface area (Å²) in [5.41, 5.74) is 1.31. The van der Waals surface area contributed by atoms with Crippen molar-refractivity contribution >= 4 is 23.1 Å². The number of anilines is 1. The lowest BCUT2D eigenvalue weighted by Crippen LogP contribution is -2.33. The first-order chi connectivity index (χ1) is 9.16. The molecule has 0 aromatic carbocycles. The van der Waals surface area contributed by atoms with E-state index in [9.17, 15) is 4.79 Å². The van der Waals surface area contributed by atoms with Gasteiger partial charge in [-0.1, -0.05) is 0 Å². The maximum atomic E-state index is 10.8. The second-order valence-electron chi connectivity index (χ2n) is 4.50. The van der Waals surface area contributed by atoms with E-state index in [1.54, 1.807) is 17.4 Å². The molecule has 1 N–H and O–H groups in total. The van der Waals surface area contributed by atoms with Crippen LogP contribution in [0.2, 0.25) is 0 Å². The van der Waals surface area contributed by atoms with Crippen molar-refractivity contribution in [2.24, 2.45) is 0 Å². The molecule has 1 atom stereocenters. The number of aromatic carboxylic acids is 1. The summed E-state index contributed by atoms with van der Waals surface area (Å²) in [5.74, 6) is -0.319. The Morgan fingerprint density at radius 2 is 2.26 bits per heavy atom. The second kappa shape index (κ2) is 4.62. The fourth-order valence-electron chi connectivity index (χ4n) is 2.41. The highest BCUT2D eigenvalue weighted by Gasteiger charge is 2.25. The third kappa shape index (κ3) is 2.08. The molecule has 0 saturated carbocycles. The fraction of sp³-hybridized carbons (Fsp3) is 0.308. The summed E-state index contributed by atoms with van der Waals surface area (Å²) in [6, 6.07) is 5.63. The largest absolute Gasteiger partial charge is 0.476 e. The smallest absolute Gasteiger partial charge is 0.356 e. The minimum Gasteiger partial charge on any atom is -0.476 e. The van der Waals surface area contributed by atoms with Crippen LogP contribution in [0.3, 0.4) is 0 Å². The molecular formula is C13H13N3O2S. The van der Waals surface area contributed by atoms with E-state index in [-0.39, 0.29) is 11.7 Å². The summed E-state index contributed by atoms with van der Waals surface area (Å²) in [4.78, 5) is 14.4. The van der Waals surface area contributed by atoms with Crippen LogP contribution in [-0.4, -0.2) is 27.8 Å². The zero-order valence-corrected chi connectivity index (χ0v) is 11.2. The van der Waals surface area contributed by atoms with Gasteiger partial charge in [0.2, 0.25) is 0 Å². The Morgan fingerprint density at radius 1 is 1.42 bits per heavy atom. The first kappa shape index (κ1) is 12.1. The molecule has 98 valence electrons. The van der Waals surface area contributed by atoms with E-state index in [2.05, 4.69) is 33.5 Å². The first-order valence-corrected chi connectivity index (χ1v) is 6.94. The molecule has 2 aromatic rings. The molecule has 3 heterocycles. The SMILES string of the molecule is CC1c2ccsc2CCN1c1ccc(C(=O)O)nn1. The zero-order valence-electron chi connectivity index (χ0n) is 10.4. The fourth-order valence-corrected chi connectivity index (χ4v) is 3.38. The summed E-state index contributed by atoms with van der Waals surface area (Å²) >= 11 is 1.79. The van der Waals surface area contributed by atoms with Crippen molar-refractivity contribution in [3.63, 3.8) is 0 Å². The molecule has 6 heteroatoms. The van der Waals surface area contributed by atoms with Gasteiger partial charge in [-0.2, -0.15) is 0 Å². The zero-order chi connectivity index (χ0) is 13.4. The molecule has 19 heavy (non-hydrogen) atoms. The summed E-state index contributed by atoms with van der Waals surface area (Å²) in [6.07, 6.45) is 1.000. The van der Waals surface area contributed by atoms with E-state index >= 15 is 0 Å². The maximum Gasteiger partial charge on any atom is 0.356 e. The Labute approximate surface area is 114 Å². The Bertz CT molecular complexity index is 609. The van der Waals surface area contributed by atoms with Crippen molar-refractivity contribution in [3.8, 4) is 0 Å². The number of rotatable bonds is 2. The quantitative estimate of drug-likeness (QED) is 0.911. The predicted molar refractivity (Wildman–Crippen MR) is 72.8 cm³/mol. The van der Waals surface area contributed by atoms with Crippen molar-refractivity contribution in [1.82, 2.24) is 10.2 Å². The number of aromatic nitrogens is 2. The number of carbonyl (C=O) groups is 1. The monoisotopic (exact) mass is 275 g/mol. The van der Waals surface area contributed by atoms with Gasteiger partial charge in [0.15, 0.2) is 11.5 Å². The van der Waals surface area contributed by atoms with Gasteiger partial charge in [-0.25, -0.2) is 4.79 Å². The Morgan fingerprint density at radius 3 is 2.95 bits per heavy atom. The molecule has 1 unspecified atom stereocenters. The molecule has 0 fully saturated rings. The lowest BCUT2D eigenvalue weighted by molar-refractivity contribution is 0.0689. The van der Waals surface area contributed by atoms with Gasteiger partial charge in [0.1, 0.15) is 0 Å². The van der Waals surface area contributed by atoms with Crippen molar-refractivity contribution in [3.05, 3.63) is 39.7 Å². The number of carboxylic acids is 1. The number of carboxylic acid groups (broad SMARTS) is 1. The molecule has 5 nitrogen and oxygen atoms in total. The Balaban J connectivity index is 1.89.